The topological polar surface area (TPSA) is 26.0 Å². The van der Waals surface area contributed by atoms with E-state index in [2.05, 4.69) is 35.0 Å². The highest BCUT2D eigenvalue weighted by molar-refractivity contribution is 7.10. The Morgan fingerprint density at radius 2 is 1.73 bits per heavy atom. The summed E-state index contributed by atoms with van der Waals surface area (Å²) in [7, 11) is 0. The molecule has 0 aromatic carbocycles. The second-order valence-electron chi connectivity index (χ2n) is 3.66. The molecule has 1 unspecified atom stereocenters. The summed E-state index contributed by atoms with van der Waals surface area (Å²) in [5.74, 6) is 0. The molecule has 0 bridgehead atoms. The number of aryl methyl sites for hydroxylation is 1. The predicted molar refractivity (Wildman–Crippen MR) is 68.6 cm³/mol. The second kappa shape index (κ2) is 5.45. The summed E-state index contributed by atoms with van der Waals surface area (Å²) in [4.78, 5) is 2.84. The molecule has 3 heteroatoms. The Labute approximate surface area is 98.6 Å². The maximum Gasteiger partial charge on any atom is 0.00906 e. The van der Waals surface area contributed by atoms with E-state index in [1.807, 2.05) is 11.3 Å². The van der Waals surface area contributed by atoms with Gasteiger partial charge in [0.25, 0.3) is 0 Å². The highest BCUT2D eigenvalue weighted by Crippen LogP contribution is 2.15. The average Bonchev–Trinajstić information content (AvgIpc) is 2.86. The molecular formula is C12H15NS2. The summed E-state index contributed by atoms with van der Waals surface area (Å²) in [5, 5.41) is 4.24. The van der Waals surface area contributed by atoms with Crippen molar-refractivity contribution in [3.05, 3.63) is 44.8 Å². The van der Waals surface area contributed by atoms with Gasteiger partial charge in [0.2, 0.25) is 0 Å². The van der Waals surface area contributed by atoms with Crippen molar-refractivity contribution in [2.75, 3.05) is 0 Å². The first-order valence-electron chi connectivity index (χ1n) is 5.15. The third-order valence-electron chi connectivity index (χ3n) is 2.39. The van der Waals surface area contributed by atoms with Crippen molar-refractivity contribution in [3.8, 4) is 0 Å². The van der Waals surface area contributed by atoms with Crippen LogP contribution in [0.2, 0.25) is 0 Å². The van der Waals surface area contributed by atoms with E-state index >= 15 is 0 Å². The Bertz CT molecular complexity index is 364. The first kappa shape index (κ1) is 10.9. The molecule has 2 N–H and O–H groups in total. The minimum Gasteiger partial charge on any atom is -0.327 e. The minimum absolute atomic E-state index is 0.297. The Kier molecular flexibility index (Phi) is 3.94. The fraction of sp³-hybridized carbons (Fsp3) is 0.333. The monoisotopic (exact) mass is 237 g/mol. The van der Waals surface area contributed by atoms with Gasteiger partial charge in [-0.15, -0.1) is 22.7 Å². The van der Waals surface area contributed by atoms with Gasteiger partial charge >= 0.3 is 0 Å². The second-order valence-corrected chi connectivity index (χ2v) is 5.73. The third-order valence-corrected chi connectivity index (χ3v) is 4.22. The molecule has 2 heterocycles. The molecule has 15 heavy (non-hydrogen) atoms. The molecule has 0 aliphatic heterocycles. The standard InChI is InChI=1S/C12H15NS2/c13-10(9-12-4-2-8-15-12)5-6-11-3-1-7-14-11/h1-4,7-8,10H,5-6,9,13H2. The molecule has 0 aliphatic rings. The van der Waals surface area contributed by atoms with Gasteiger partial charge in [-0.1, -0.05) is 12.1 Å². The van der Waals surface area contributed by atoms with Crippen molar-refractivity contribution < 1.29 is 0 Å². The summed E-state index contributed by atoms with van der Waals surface area (Å²) in [5.41, 5.74) is 6.09. The van der Waals surface area contributed by atoms with Crippen molar-refractivity contribution in [2.24, 2.45) is 5.73 Å². The lowest BCUT2D eigenvalue weighted by molar-refractivity contribution is 0.618. The molecule has 0 spiro atoms. The Balaban J connectivity index is 1.76. The summed E-state index contributed by atoms with van der Waals surface area (Å²) in [6, 6.07) is 8.83. The molecule has 0 radical (unpaired) electrons. The van der Waals surface area contributed by atoms with Gasteiger partial charge in [0, 0.05) is 15.8 Å². The predicted octanol–water partition coefficient (Wildman–Crippen LogP) is 3.31. The average molecular weight is 237 g/mol. The van der Waals surface area contributed by atoms with Crippen LogP contribution in [0.3, 0.4) is 0 Å². The maximum atomic E-state index is 6.09. The lowest BCUT2D eigenvalue weighted by Crippen LogP contribution is -2.22. The molecule has 2 aromatic rings. The van der Waals surface area contributed by atoms with Gasteiger partial charge in [-0.3, -0.25) is 0 Å². The van der Waals surface area contributed by atoms with Gasteiger partial charge in [0.1, 0.15) is 0 Å². The van der Waals surface area contributed by atoms with E-state index in [0.29, 0.717) is 6.04 Å². The van der Waals surface area contributed by atoms with E-state index in [1.165, 1.54) is 9.75 Å². The lowest BCUT2D eigenvalue weighted by Gasteiger charge is -2.08. The molecule has 0 saturated carbocycles. The molecule has 1 nitrogen and oxygen atoms in total. The van der Waals surface area contributed by atoms with Crippen molar-refractivity contribution in [3.63, 3.8) is 0 Å². The van der Waals surface area contributed by atoms with Crippen LogP contribution in [0, 0.1) is 0 Å². The van der Waals surface area contributed by atoms with Crippen molar-refractivity contribution >= 4 is 22.7 Å². The number of thiophene rings is 2. The van der Waals surface area contributed by atoms with E-state index in [1.54, 1.807) is 11.3 Å². The number of hydrogen-bond donors (Lipinski definition) is 1. The molecule has 0 saturated heterocycles. The van der Waals surface area contributed by atoms with Crippen LogP contribution < -0.4 is 5.73 Å². The zero-order valence-electron chi connectivity index (χ0n) is 8.56. The normalized spacial score (nSPS) is 12.9. The number of rotatable bonds is 5. The van der Waals surface area contributed by atoms with Crippen LogP contribution in [0.5, 0.6) is 0 Å². The maximum absolute atomic E-state index is 6.09. The van der Waals surface area contributed by atoms with Gasteiger partial charge in [0.05, 0.1) is 0 Å². The highest BCUT2D eigenvalue weighted by atomic mass is 32.1. The summed E-state index contributed by atoms with van der Waals surface area (Å²) < 4.78 is 0. The molecule has 80 valence electrons. The number of nitrogens with two attached hydrogens (primary N) is 1. The van der Waals surface area contributed by atoms with Crippen molar-refractivity contribution in [1.29, 1.82) is 0 Å². The first-order valence-corrected chi connectivity index (χ1v) is 6.91. The molecule has 0 aliphatic carbocycles. The molecule has 2 rings (SSSR count). The van der Waals surface area contributed by atoms with Gasteiger partial charge in [-0.05, 0) is 42.2 Å². The Hall–Kier alpha value is -0.640. The van der Waals surface area contributed by atoms with E-state index < -0.39 is 0 Å². The number of hydrogen-bond acceptors (Lipinski definition) is 3. The molecular weight excluding hydrogens is 222 g/mol. The fourth-order valence-corrected chi connectivity index (χ4v) is 3.10. The van der Waals surface area contributed by atoms with E-state index in [4.69, 9.17) is 5.73 Å². The highest BCUT2D eigenvalue weighted by Gasteiger charge is 2.05. The molecule has 0 amide bonds. The summed E-state index contributed by atoms with van der Waals surface area (Å²) in [6.07, 6.45) is 3.21. The van der Waals surface area contributed by atoms with Crippen LogP contribution in [0.25, 0.3) is 0 Å². The Morgan fingerprint density at radius 3 is 2.33 bits per heavy atom. The van der Waals surface area contributed by atoms with Gasteiger partial charge in [-0.2, -0.15) is 0 Å². The first-order chi connectivity index (χ1) is 7.34. The van der Waals surface area contributed by atoms with Crippen LogP contribution in [0.1, 0.15) is 16.2 Å². The zero-order chi connectivity index (χ0) is 10.5. The van der Waals surface area contributed by atoms with Crippen LogP contribution >= 0.6 is 22.7 Å². The van der Waals surface area contributed by atoms with Gasteiger partial charge in [0.15, 0.2) is 0 Å². The molecule has 2 aromatic heterocycles. The van der Waals surface area contributed by atoms with E-state index in [-0.39, 0.29) is 0 Å². The molecule has 0 fully saturated rings. The van der Waals surface area contributed by atoms with Crippen molar-refractivity contribution in [1.82, 2.24) is 0 Å². The van der Waals surface area contributed by atoms with Crippen molar-refractivity contribution in [2.45, 2.75) is 25.3 Å². The van der Waals surface area contributed by atoms with Crippen LogP contribution in [-0.2, 0) is 12.8 Å². The third kappa shape index (κ3) is 3.45. The van der Waals surface area contributed by atoms with Gasteiger partial charge in [-0.25, -0.2) is 0 Å². The lowest BCUT2D eigenvalue weighted by atomic mass is 10.1. The van der Waals surface area contributed by atoms with Crippen LogP contribution in [0.4, 0.5) is 0 Å². The van der Waals surface area contributed by atoms with Crippen LogP contribution in [0.15, 0.2) is 35.0 Å². The zero-order valence-corrected chi connectivity index (χ0v) is 10.2. The van der Waals surface area contributed by atoms with E-state index in [0.717, 1.165) is 19.3 Å². The van der Waals surface area contributed by atoms with Crippen LogP contribution in [-0.4, -0.2) is 6.04 Å². The summed E-state index contributed by atoms with van der Waals surface area (Å²) in [6.45, 7) is 0. The Morgan fingerprint density at radius 1 is 1.07 bits per heavy atom. The van der Waals surface area contributed by atoms with E-state index in [9.17, 15) is 0 Å². The molecule has 1 atom stereocenters. The smallest absolute Gasteiger partial charge is 0.00906 e. The summed E-state index contributed by atoms with van der Waals surface area (Å²) >= 11 is 3.62. The quantitative estimate of drug-likeness (QED) is 0.848. The minimum atomic E-state index is 0.297. The fourth-order valence-electron chi connectivity index (χ4n) is 1.57. The SMILES string of the molecule is NC(CCc1cccs1)Cc1cccs1. The van der Waals surface area contributed by atoms with Gasteiger partial charge < -0.3 is 5.73 Å². The largest absolute Gasteiger partial charge is 0.327 e.